The molecule has 126 valence electrons. The number of hydrogen-bond acceptors (Lipinski definition) is 3. The van der Waals surface area contributed by atoms with Crippen LogP contribution in [0.1, 0.15) is 22.8 Å². The van der Waals surface area contributed by atoms with E-state index in [-0.39, 0.29) is 11.8 Å². The predicted molar refractivity (Wildman–Crippen MR) is 95.5 cm³/mol. The predicted octanol–water partition coefficient (Wildman–Crippen LogP) is 2.76. The van der Waals surface area contributed by atoms with Crippen molar-refractivity contribution in [1.29, 1.82) is 0 Å². The summed E-state index contributed by atoms with van der Waals surface area (Å²) in [4.78, 5) is 27.4. The van der Waals surface area contributed by atoms with Gasteiger partial charge in [0, 0.05) is 37.1 Å². The number of imidazole rings is 1. The fraction of sp³-hybridized carbons (Fsp3) is 0.105. The largest absolute Gasteiger partial charge is 0.348 e. The van der Waals surface area contributed by atoms with E-state index in [1.165, 1.54) is 6.92 Å². The van der Waals surface area contributed by atoms with Crippen LogP contribution in [0.5, 0.6) is 0 Å². The van der Waals surface area contributed by atoms with Gasteiger partial charge in [-0.1, -0.05) is 18.2 Å². The highest BCUT2D eigenvalue weighted by Crippen LogP contribution is 2.14. The molecule has 0 spiro atoms. The summed E-state index contributed by atoms with van der Waals surface area (Å²) in [7, 11) is 0. The van der Waals surface area contributed by atoms with E-state index in [0.29, 0.717) is 17.8 Å². The Morgan fingerprint density at radius 3 is 2.52 bits per heavy atom. The summed E-state index contributed by atoms with van der Waals surface area (Å²) < 4.78 is 1.91. The number of carbonyl (C=O) groups excluding carboxylic acids is 2. The number of benzene rings is 2. The first kappa shape index (κ1) is 16.4. The van der Waals surface area contributed by atoms with Gasteiger partial charge < -0.3 is 15.2 Å². The van der Waals surface area contributed by atoms with Gasteiger partial charge in [-0.2, -0.15) is 0 Å². The molecule has 2 amide bonds. The Hall–Kier alpha value is -3.41. The lowest BCUT2D eigenvalue weighted by Crippen LogP contribution is -2.23. The normalized spacial score (nSPS) is 10.3. The topological polar surface area (TPSA) is 76.0 Å². The van der Waals surface area contributed by atoms with Crippen LogP contribution in [0, 0.1) is 0 Å². The summed E-state index contributed by atoms with van der Waals surface area (Å²) in [5.74, 6) is -0.317. The highest BCUT2D eigenvalue weighted by Gasteiger charge is 2.08. The SMILES string of the molecule is CC(=O)Nc1ccc(C(=O)NCc2ccccc2-n2ccnc2)cc1. The molecule has 25 heavy (non-hydrogen) atoms. The lowest BCUT2D eigenvalue weighted by molar-refractivity contribution is -0.114. The fourth-order valence-corrected chi connectivity index (χ4v) is 2.50. The summed E-state index contributed by atoms with van der Waals surface area (Å²) in [6.07, 6.45) is 5.30. The molecule has 0 unspecified atom stereocenters. The first-order chi connectivity index (χ1) is 12.1. The average molecular weight is 334 g/mol. The summed E-state index contributed by atoms with van der Waals surface area (Å²) in [5, 5.41) is 5.59. The number of para-hydroxylation sites is 1. The number of amides is 2. The lowest BCUT2D eigenvalue weighted by atomic mass is 10.1. The van der Waals surface area contributed by atoms with Crippen molar-refractivity contribution in [2.24, 2.45) is 0 Å². The molecule has 3 aromatic rings. The molecular formula is C19H18N4O2. The van der Waals surface area contributed by atoms with Crippen LogP contribution < -0.4 is 10.6 Å². The summed E-state index contributed by atoms with van der Waals surface area (Å²) in [6.45, 7) is 1.85. The molecule has 2 aromatic carbocycles. The first-order valence-electron chi connectivity index (χ1n) is 7.85. The Bertz CT molecular complexity index is 871. The minimum absolute atomic E-state index is 0.145. The zero-order chi connectivity index (χ0) is 17.6. The highest BCUT2D eigenvalue weighted by molar-refractivity contribution is 5.95. The second-order valence-corrected chi connectivity index (χ2v) is 5.54. The molecule has 6 nitrogen and oxygen atoms in total. The van der Waals surface area contributed by atoms with Gasteiger partial charge in [-0.25, -0.2) is 4.98 Å². The van der Waals surface area contributed by atoms with Gasteiger partial charge in [-0.3, -0.25) is 9.59 Å². The van der Waals surface area contributed by atoms with Gasteiger partial charge in [-0.05, 0) is 35.9 Å². The number of nitrogens with one attached hydrogen (secondary N) is 2. The number of rotatable bonds is 5. The van der Waals surface area contributed by atoms with Crippen LogP contribution in [0.25, 0.3) is 5.69 Å². The van der Waals surface area contributed by atoms with Crippen LogP contribution in [-0.4, -0.2) is 21.4 Å². The molecular weight excluding hydrogens is 316 g/mol. The molecule has 0 saturated heterocycles. The van der Waals surface area contributed by atoms with E-state index < -0.39 is 0 Å². The van der Waals surface area contributed by atoms with Gasteiger partial charge in [0.1, 0.15) is 0 Å². The zero-order valence-corrected chi connectivity index (χ0v) is 13.8. The van der Waals surface area contributed by atoms with E-state index in [1.54, 1.807) is 36.8 Å². The molecule has 0 aliphatic heterocycles. The van der Waals surface area contributed by atoms with Crippen molar-refractivity contribution < 1.29 is 9.59 Å². The van der Waals surface area contributed by atoms with Crippen LogP contribution in [0.2, 0.25) is 0 Å². The van der Waals surface area contributed by atoms with E-state index in [0.717, 1.165) is 11.3 Å². The highest BCUT2D eigenvalue weighted by atomic mass is 16.2. The maximum absolute atomic E-state index is 12.3. The molecule has 0 radical (unpaired) electrons. The Kier molecular flexibility index (Phi) is 4.89. The van der Waals surface area contributed by atoms with Crippen LogP contribution in [0.3, 0.4) is 0 Å². The Balaban J connectivity index is 1.68. The van der Waals surface area contributed by atoms with Crippen molar-refractivity contribution >= 4 is 17.5 Å². The molecule has 3 rings (SSSR count). The van der Waals surface area contributed by atoms with Gasteiger partial charge in [0.25, 0.3) is 5.91 Å². The van der Waals surface area contributed by atoms with Crippen molar-refractivity contribution in [3.8, 4) is 5.69 Å². The molecule has 0 bridgehead atoms. The third-order valence-corrected chi connectivity index (χ3v) is 3.68. The maximum atomic E-state index is 12.3. The monoisotopic (exact) mass is 334 g/mol. The quantitative estimate of drug-likeness (QED) is 0.753. The molecule has 6 heteroatoms. The van der Waals surface area contributed by atoms with Crippen molar-refractivity contribution in [2.75, 3.05) is 5.32 Å². The Morgan fingerprint density at radius 1 is 1.08 bits per heavy atom. The summed E-state index contributed by atoms with van der Waals surface area (Å²) >= 11 is 0. The van der Waals surface area contributed by atoms with Crippen molar-refractivity contribution in [2.45, 2.75) is 13.5 Å². The zero-order valence-electron chi connectivity index (χ0n) is 13.8. The average Bonchev–Trinajstić information content (AvgIpc) is 3.14. The van der Waals surface area contributed by atoms with Gasteiger partial charge >= 0.3 is 0 Å². The van der Waals surface area contributed by atoms with Crippen molar-refractivity contribution in [3.05, 3.63) is 78.4 Å². The maximum Gasteiger partial charge on any atom is 0.251 e. The van der Waals surface area contributed by atoms with E-state index >= 15 is 0 Å². The smallest absolute Gasteiger partial charge is 0.251 e. The standard InChI is InChI=1S/C19H18N4O2/c1-14(24)22-17-8-6-15(7-9-17)19(25)21-12-16-4-2-3-5-18(16)23-11-10-20-13-23/h2-11,13H,12H2,1H3,(H,21,25)(H,22,24). The minimum atomic E-state index is -0.171. The number of nitrogens with zero attached hydrogens (tertiary/aromatic N) is 2. The molecule has 1 aromatic heterocycles. The van der Waals surface area contributed by atoms with Gasteiger partial charge in [0.15, 0.2) is 0 Å². The second-order valence-electron chi connectivity index (χ2n) is 5.54. The molecule has 0 aliphatic rings. The third-order valence-electron chi connectivity index (χ3n) is 3.68. The van der Waals surface area contributed by atoms with E-state index in [1.807, 2.05) is 35.0 Å². The number of anilines is 1. The fourth-order valence-electron chi connectivity index (χ4n) is 2.50. The molecule has 1 heterocycles. The number of aromatic nitrogens is 2. The molecule has 2 N–H and O–H groups in total. The second kappa shape index (κ2) is 7.44. The molecule has 0 fully saturated rings. The first-order valence-corrected chi connectivity index (χ1v) is 7.85. The van der Waals surface area contributed by atoms with Crippen LogP contribution in [0.15, 0.2) is 67.3 Å². The lowest BCUT2D eigenvalue weighted by Gasteiger charge is -2.11. The molecule has 0 saturated carbocycles. The van der Waals surface area contributed by atoms with Crippen LogP contribution in [0.4, 0.5) is 5.69 Å². The van der Waals surface area contributed by atoms with Gasteiger partial charge in [0.2, 0.25) is 5.91 Å². The number of hydrogen-bond donors (Lipinski definition) is 2. The Morgan fingerprint density at radius 2 is 1.84 bits per heavy atom. The Labute approximate surface area is 145 Å². The van der Waals surface area contributed by atoms with E-state index in [9.17, 15) is 9.59 Å². The van der Waals surface area contributed by atoms with E-state index in [2.05, 4.69) is 15.6 Å². The number of carbonyl (C=O) groups is 2. The van der Waals surface area contributed by atoms with Gasteiger partial charge in [0.05, 0.1) is 12.0 Å². The molecule has 0 atom stereocenters. The van der Waals surface area contributed by atoms with Crippen molar-refractivity contribution in [1.82, 2.24) is 14.9 Å². The van der Waals surface area contributed by atoms with E-state index in [4.69, 9.17) is 0 Å². The summed E-state index contributed by atoms with van der Waals surface area (Å²) in [6, 6.07) is 14.6. The molecule has 0 aliphatic carbocycles. The minimum Gasteiger partial charge on any atom is -0.348 e. The van der Waals surface area contributed by atoms with Crippen LogP contribution >= 0.6 is 0 Å². The van der Waals surface area contributed by atoms with Crippen LogP contribution in [-0.2, 0) is 11.3 Å². The van der Waals surface area contributed by atoms with Crippen molar-refractivity contribution in [3.63, 3.8) is 0 Å². The summed E-state index contributed by atoms with van der Waals surface area (Å²) in [5.41, 5.74) is 3.16. The third kappa shape index (κ3) is 4.11. The van der Waals surface area contributed by atoms with Gasteiger partial charge in [-0.15, -0.1) is 0 Å².